The first-order valence-corrected chi connectivity index (χ1v) is 6.15. The summed E-state index contributed by atoms with van der Waals surface area (Å²) in [6, 6.07) is 12.7. The van der Waals surface area contributed by atoms with Crippen molar-refractivity contribution in [3.05, 3.63) is 53.1 Å². The molecule has 0 aliphatic carbocycles. The molecule has 2 heteroatoms. The van der Waals surface area contributed by atoms with Gasteiger partial charge in [-0.25, -0.2) is 0 Å². The van der Waals surface area contributed by atoms with E-state index in [1.54, 1.807) is 0 Å². The molecule has 0 amide bonds. The summed E-state index contributed by atoms with van der Waals surface area (Å²) in [5, 5.41) is 0. The summed E-state index contributed by atoms with van der Waals surface area (Å²) in [6.07, 6.45) is 0. The van der Waals surface area contributed by atoms with Gasteiger partial charge in [-0.1, -0.05) is 12.1 Å². The number of anilines is 3. The number of nitrogens with two attached hydrogens (primary N) is 1. The van der Waals surface area contributed by atoms with Crippen LogP contribution in [0.5, 0.6) is 0 Å². The van der Waals surface area contributed by atoms with Crippen molar-refractivity contribution in [3.8, 4) is 0 Å². The van der Waals surface area contributed by atoms with Crippen LogP contribution in [-0.4, -0.2) is 7.05 Å². The van der Waals surface area contributed by atoms with Gasteiger partial charge in [-0.2, -0.15) is 0 Å². The largest absolute Gasteiger partial charge is 0.398 e. The molecule has 0 radical (unpaired) electrons. The van der Waals surface area contributed by atoms with Gasteiger partial charge in [-0.15, -0.1) is 0 Å². The molecule has 2 aromatic carbocycles. The van der Waals surface area contributed by atoms with Gasteiger partial charge in [0.25, 0.3) is 0 Å². The zero-order valence-electron chi connectivity index (χ0n) is 11.5. The van der Waals surface area contributed by atoms with E-state index in [0.29, 0.717) is 0 Å². The molecule has 0 spiro atoms. The van der Waals surface area contributed by atoms with Gasteiger partial charge in [0.05, 0.1) is 0 Å². The van der Waals surface area contributed by atoms with Gasteiger partial charge in [0.1, 0.15) is 0 Å². The van der Waals surface area contributed by atoms with Crippen molar-refractivity contribution in [3.63, 3.8) is 0 Å². The van der Waals surface area contributed by atoms with Gasteiger partial charge < -0.3 is 10.6 Å². The second kappa shape index (κ2) is 4.73. The fourth-order valence-corrected chi connectivity index (χ4v) is 2.13. The van der Waals surface area contributed by atoms with Crippen LogP contribution in [0, 0.1) is 20.8 Å². The summed E-state index contributed by atoms with van der Waals surface area (Å²) >= 11 is 0. The molecule has 0 unspecified atom stereocenters. The van der Waals surface area contributed by atoms with E-state index >= 15 is 0 Å². The van der Waals surface area contributed by atoms with Gasteiger partial charge in [-0.3, -0.25) is 0 Å². The van der Waals surface area contributed by atoms with Crippen molar-refractivity contribution in [2.24, 2.45) is 0 Å². The van der Waals surface area contributed by atoms with E-state index in [1.165, 1.54) is 16.8 Å². The highest BCUT2D eigenvalue weighted by molar-refractivity contribution is 5.68. The normalized spacial score (nSPS) is 10.4. The van der Waals surface area contributed by atoms with E-state index in [-0.39, 0.29) is 0 Å². The van der Waals surface area contributed by atoms with E-state index in [2.05, 4.69) is 56.1 Å². The maximum Gasteiger partial charge on any atom is 0.0428 e. The zero-order chi connectivity index (χ0) is 13.3. The lowest BCUT2D eigenvalue weighted by molar-refractivity contribution is 1.19. The molecule has 0 saturated carbocycles. The zero-order valence-corrected chi connectivity index (χ0v) is 11.5. The summed E-state index contributed by atoms with van der Waals surface area (Å²) in [6.45, 7) is 6.26. The minimum absolute atomic E-state index is 0.837. The summed E-state index contributed by atoms with van der Waals surface area (Å²) in [5.41, 5.74) is 12.8. The fraction of sp³-hybridized carbons (Fsp3) is 0.250. The lowest BCUT2D eigenvalue weighted by Gasteiger charge is -2.21. The highest BCUT2D eigenvalue weighted by atomic mass is 15.1. The van der Waals surface area contributed by atoms with Crippen LogP contribution in [0.4, 0.5) is 17.1 Å². The molecule has 0 aliphatic heterocycles. The predicted octanol–water partition coefficient (Wildman–Crippen LogP) is 3.96. The number of aryl methyl sites for hydroxylation is 3. The second-order valence-electron chi connectivity index (χ2n) is 4.95. The minimum atomic E-state index is 0.837. The van der Waals surface area contributed by atoms with Crippen LogP contribution in [0.2, 0.25) is 0 Å². The average molecular weight is 240 g/mol. The van der Waals surface area contributed by atoms with Gasteiger partial charge in [0.15, 0.2) is 0 Å². The van der Waals surface area contributed by atoms with E-state index in [9.17, 15) is 0 Å². The second-order valence-corrected chi connectivity index (χ2v) is 4.95. The minimum Gasteiger partial charge on any atom is -0.398 e. The predicted molar refractivity (Wildman–Crippen MR) is 79.6 cm³/mol. The molecule has 0 saturated heterocycles. The Morgan fingerprint density at radius 3 is 2.00 bits per heavy atom. The average Bonchev–Trinajstić information content (AvgIpc) is 2.30. The third-order valence-corrected chi connectivity index (χ3v) is 3.24. The molecular weight excluding hydrogens is 220 g/mol. The van der Waals surface area contributed by atoms with Crippen LogP contribution in [-0.2, 0) is 0 Å². The molecule has 2 aromatic rings. The summed E-state index contributed by atoms with van der Waals surface area (Å²) < 4.78 is 0. The summed E-state index contributed by atoms with van der Waals surface area (Å²) in [4.78, 5) is 2.16. The standard InChI is InChI=1S/C16H20N2/c1-11-7-12(2)9-15(8-11)18(4)14-6-5-13(3)16(17)10-14/h5-10H,17H2,1-4H3. The topological polar surface area (TPSA) is 29.3 Å². The summed E-state index contributed by atoms with van der Waals surface area (Å²) in [7, 11) is 2.07. The Morgan fingerprint density at radius 2 is 1.44 bits per heavy atom. The number of hydrogen-bond acceptors (Lipinski definition) is 2. The molecule has 2 nitrogen and oxygen atoms in total. The monoisotopic (exact) mass is 240 g/mol. The number of rotatable bonds is 2. The first-order valence-electron chi connectivity index (χ1n) is 6.15. The molecular formula is C16H20N2. The lowest BCUT2D eigenvalue weighted by Crippen LogP contribution is -2.10. The number of hydrogen-bond donors (Lipinski definition) is 1. The Morgan fingerprint density at radius 1 is 0.833 bits per heavy atom. The van der Waals surface area contributed by atoms with Crippen LogP contribution in [0.3, 0.4) is 0 Å². The van der Waals surface area contributed by atoms with Crippen molar-refractivity contribution in [2.45, 2.75) is 20.8 Å². The van der Waals surface area contributed by atoms with E-state index < -0.39 is 0 Å². The molecule has 0 heterocycles. The molecule has 2 N–H and O–H groups in total. The highest BCUT2D eigenvalue weighted by Gasteiger charge is 2.06. The molecule has 18 heavy (non-hydrogen) atoms. The van der Waals surface area contributed by atoms with Gasteiger partial charge in [0.2, 0.25) is 0 Å². The summed E-state index contributed by atoms with van der Waals surface area (Å²) in [5.74, 6) is 0. The molecule has 94 valence electrons. The highest BCUT2D eigenvalue weighted by Crippen LogP contribution is 2.27. The Kier molecular flexibility index (Phi) is 3.28. The maximum atomic E-state index is 5.97. The van der Waals surface area contributed by atoms with Gasteiger partial charge in [-0.05, 0) is 61.7 Å². The Labute approximate surface area is 109 Å². The number of benzene rings is 2. The van der Waals surface area contributed by atoms with Crippen LogP contribution in [0.25, 0.3) is 0 Å². The lowest BCUT2D eigenvalue weighted by atomic mass is 10.1. The third-order valence-electron chi connectivity index (χ3n) is 3.24. The van der Waals surface area contributed by atoms with Gasteiger partial charge >= 0.3 is 0 Å². The van der Waals surface area contributed by atoms with E-state index in [4.69, 9.17) is 5.73 Å². The first kappa shape index (κ1) is 12.5. The van der Waals surface area contributed by atoms with Crippen molar-refractivity contribution >= 4 is 17.1 Å². The van der Waals surface area contributed by atoms with E-state index in [0.717, 1.165) is 16.9 Å². The quantitative estimate of drug-likeness (QED) is 0.805. The molecule has 0 aromatic heterocycles. The maximum absolute atomic E-state index is 5.97. The number of nitrogen functional groups attached to an aromatic ring is 1. The fourth-order valence-electron chi connectivity index (χ4n) is 2.13. The van der Waals surface area contributed by atoms with Crippen LogP contribution in [0.15, 0.2) is 36.4 Å². The Balaban J connectivity index is 2.40. The first-order chi connectivity index (χ1) is 8.47. The number of nitrogens with zero attached hydrogens (tertiary/aromatic N) is 1. The van der Waals surface area contributed by atoms with Crippen molar-refractivity contribution in [1.82, 2.24) is 0 Å². The molecule has 0 fully saturated rings. The van der Waals surface area contributed by atoms with Crippen molar-refractivity contribution in [2.75, 3.05) is 17.7 Å². The smallest absolute Gasteiger partial charge is 0.0428 e. The Bertz CT molecular complexity index is 553. The van der Waals surface area contributed by atoms with Crippen molar-refractivity contribution in [1.29, 1.82) is 0 Å². The van der Waals surface area contributed by atoms with Gasteiger partial charge in [0, 0.05) is 24.1 Å². The van der Waals surface area contributed by atoms with Crippen LogP contribution in [0.1, 0.15) is 16.7 Å². The molecule has 0 bridgehead atoms. The SMILES string of the molecule is Cc1cc(C)cc(N(C)c2ccc(C)c(N)c2)c1. The molecule has 2 rings (SSSR count). The molecule has 0 aliphatic rings. The van der Waals surface area contributed by atoms with Crippen LogP contribution < -0.4 is 10.6 Å². The Hall–Kier alpha value is -1.96. The van der Waals surface area contributed by atoms with Crippen molar-refractivity contribution < 1.29 is 0 Å². The van der Waals surface area contributed by atoms with Crippen LogP contribution >= 0.6 is 0 Å². The third kappa shape index (κ3) is 2.48. The van der Waals surface area contributed by atoms with E-state index in [1.807, 2.05) is 13.0 Å². The molecule has 0 atom stereocenters.